The van der Waals surface area contributed by atoms with E-state index in [1.54, 1.807) is 31.2 Å². The van der Waals surface area contributed by atoms with Gasteiger partial charge in [0, 0.05) is 5.56 Å². The zero-order chi connectivity index (χ0) is 10.4. The molecule has 1 unspecified atom stereocenters. The first kappa shape index (κ1) is 10.7. The number of carbonyl (C=O) groups excluding carboxylic acids is 1. The second-order valence-electron chi connectivity index (χ2n) is 2.91. The summed E-state index contributed by atoms with van der Waals surface area (Å²) in [6.45, 7) is 1.53. The highest BCUT2D eigenvalue weighted by Crippen LogP contribution is 1.98. The SMILES string of the molecule is CC(CO)ONC(=O)c1ccccc1. The summed E-state index contributed by atoms with van der Waals surface area (Å²) in [6, 6.07) is 8.73. The van der Waals surface area contributed by atoms with Crippen molar-refractivity contribution in [3.05, 3.63) is 35.9 Å². The molecule has 1 amide bonds. The van der Waals surface area contributed by atoms with E-state index >= 15 is 0 Å². The van der Waals surface area contributed by atoms with Gasteiger partial charge in [0.25, 0.3) is 5.91 Å². The molecule has 0 aliphatic heterocycles. The van der Waals surface area contributed by atoms with Gasteiger partial charge in [-0.1, -0.05) is 18.2 Å². The van der Waals surface area contributed by atoms with Gasteiger partial charge in [-0.3, -0.25) is 9.63 Å². The summed E-state index contributed by atoms with van der Waals surface area (Å²) in [4.78, 5) is 16.2. The molecule has 0 fully saturated rings. The van der Waals surface area contributed by atoms with Crippen molar-refractivity contribution in [2.24, 2.45) is 0 Å². The molecular weight excluding hydrogens is 182 g/mol. The lowest BCUT2D eigenvalue weighted by Crippen LogP contribution is -2.29. The summed E-state index contributed by atoms with van der Waals surface area (Å²) in [5.41, 5.74) is 2.78. The summed E-state index contributed by atoms with van der Waals surface area (Å²) >= 11 is 0. The lowest BCUT2D eigenvalue weighted by atomic mass is 10.2. The summed E-state index contributed by atoms with van der Waals surface area (Å²) in [5.74, 6) is -0.314. The molecular formula is C10H13NO3. The van der Waals surface area contributed by atoms with E-state index in [0.29, 0.717) is 5.56 Å². The molecule has 0 bridgehead atoms. The Hall–Kier alpha value is -1.39. The molecule has 1 aromatic rings. The van der Waals surface area contributed by atoms with Crippen LogP contribution in [0.4, 0.5) is 0 Å². The predicted molar refractivity (Wildman–Crippen MR) is 51.5 cm³/mol. The molecule has 0 radical (unpaired) electrons. The maximum atomic E-state index is 11.3. The average Bonchev–Trinajstić information content (AvgIpc) is 2.26. The number of aliphatic hydroxyl groups excluding tert-OH is 1. The van der Waals surface area contributed by atoms with Gasteiger partial charge in [-0.25, -0.2) is 5.48 Å². The first-order valence-corrected chi connectivity index (χ1v) is 4.36. The van der Waals surface area contributed by atoms with E-state index in [1.165, 1.54) is 0 Å². The monoisotopic (exact) mass is 195 g/mol. The van der Waals surface area contributed by atoms with Crippen molar-refractivity contribution in [1.29, 1.82) is 0 Å². The number of amides is 1. The Morgan fingerprint density at radius 1 is 1.50 bits per heavy atom. The Morgan fingerprint density at radius 2 is 2.14 bits per heavy atom. The number of aliphatic hydroxyl groups is 1. The number of hydroxylamine groups is 1. The standard InChI is InChI=1S/C10H13NO3/c1-8(7-12)14-11-10(13)9-5-3-2-4-6-9/h2-6,8,12H,7H2,1H3,(H,11,13). The molecule has 4 nitrogen and oxygen atoms in total. The van der Waals surface area contributed by atoms with Gasteiger partial charge in [-0.2, -0.15) is 0 Å². The van der Waals surface area contributed by atoms with Crippen molar-refractivity contribution in [3.8, 4) is 0 Å². The van der Waals surface area contributed by atoms with E-state index in [1.807, 2.05) is 6.07 Å². The Labute approximate surface area is 82.5 Å². The minimum Gasteiger partial charge on any atom is -0.394 e. The average molecular weight is 195 g/mol. The van der Waals surface area contributed by atoms with Crippen molar-refractivity contribution in [2.45, 2.75) is 13.0 Å². The van der Waals surface area contributed by atoms with Crippen LogP contribution in [0.2, 0.25) is 0 Å². The number of hydrogen-bond donors (Lipinski definition) is 2. The van der Waals surface area contributed by atoms with Gasteiger partial charge in [0.15, 0.2) is 0 Å². The number of benzene rings is 1. The van der Waals surface area contributed by atoms with Crippen LogP contribution in [-0.2, 0) is 4.84 Å². The summed E-state index contributed by atoms with van der Waals surface area (Å²) in [6.07, 6.45) is -0.400. The normalized spacial score (nSPS) is 12.1. The molecule has 0 saturated carbocycles. The molecule has 0 aliphatic rings. The molecule has 2 N–H and O–H groups in total. The third-order valence-electron chi connectivity index (χ3n) is 1.65. The highest BCUT2D eigenvalue weighted by atomic mass is 16.7. The van der Waals surface area contributed by atoms with Crippen molar-refractivity contribution >= 4 is 5.91 Å². The number of carbonyl (C=O) groups is 1. The minimum absolute atomic E-state index is 0.130. The highest BCUT2D eigenvalue weighted by molar-refractivity contribution is 5.93. The van der Waals surface area contributed by atoms with Crippen LogP contribution in [-0.4, -0.2) is 23.7 Å². The predicted octanol–water partition coefficient (Wildman–Crippen LogP) is 0.729. The molecule has 0 spiro atoms. The second kappa shape index (κ2) is 5.36. The quantitative estimate of drug-likeness (QED) is 0.696. The maximum Gasteiger partial charge on any atom is 0.274 e. The smallest absolute Gasteiger partial charge is 0.274 e. The van der Waals surface area contributed by atoms with Gasteiger partial charge in [0.05, 0.1) is 6.61 Å². The van der Waals surface area contributed by atoms with Crippen LogP contribution in [0.15, 0.2) is 30.3 Å². The Balaban J connectivity index is 2.44. The van der Waals surface area contributed by atoms with E-state index in [9.17, 15) is 4.79 Å². The molecule has 0 saturated heterocycles. The van der Waals surface area contributed by atoms with Gasteiger partial charge in [-0.05, 0) is 19.1 Å². The molecule has 0 aromatic heterocycles. The molecule has 1 aromatic carbocycles. The number of rotatable bonds is 4. The van der Waals surface area contributed by atoms with Crippen LogP contribution in [0.5, 0.6) is 0 Å². The van der Waals surface area contributed by atoms with Crippen molar-refractivity contribution in [1.82, 2.24) is 5.48 Å². The summed E-state index contributed by atoms with van der Waals surface area (Å²) in [5, 5.41) is 8.64. The van der Waals surface area contributed by atoms with E-state index in [4.69, 9.17) is 9.94 Å². The molecule has 76 valence electrons. The van der Waals surface area contributed by atoms with Gasteiger partial charge in [0.2, 0.25) is 0 Å². The number of nitrogens with one attached hydrogen (secondary N) is 1. The Kier molecular flexibility index (Phi) is 4.10. The third kappa shape index (κ3) is 3.16. The second-order valence-corrected chi connectivity index (χ2v) is 2.91. The van der Waals surface area contributed by atoms with Gasteiger partial charge < -0.3 is 5.11 Å². The minimum atomic E-state index is -0.400. The van der Waals surface area contributed by atoms with Gasteiger partial charge in [0.1, 0.15) is 6.10 Å². The van der Waals surface area contributed by atoms with Crippen LogP contribution >= 0.6 is 0 Å². The maximum absolute atomic E-state index is 11.3. The molecule has 0 heterocycles. The van der Waals surface area contributed by atoms with E-state index in [0.717, 1.165) is 0 Å². The molecule has 14 heavy (non-hydrogen) atoms. The van der Waals surface area contributed by atoms with Crippen LogP contribution in [0.3, 0.4) is 0 Å². The van der Waals surface area contributed by atoms with E-state index in [2.05, 4.69) is 5.48 Å². The Bertz CT molecular complexity index is 287. The fourth-order valence-electron chi connectivity index (χ4n) is 0.840. The first-order chi connectivity index (χ1) is 6.74. The molecule has 1 rings (SSSR count). The zero-order valence-electron chi connectivity index (χ0n) is 7.93. The Morgan fingerprint density at radius 3 is 2.71 bits per heavy atom. The summed E-state index contributed by atoms with van der Waals surface area (Å²) in [7, 11) is 0. The first-order valence-electron chi connectivity index (χ1n) is 4.36. The fraction of sp³-hybridized carbons (Fsp3) is 0.300. The van der Waals surface area contributed by atoms with Crippen LogP contribution in [0.25, 0.3) is 0 Å². The van der Waals surface area contributed by atoms with Gasteiger partial charge >= 0.3 is 0 Å². The van der Waals surface area contributed by atoms with Crippen molar-refractivity contribution in [2.75, 3.05) is 6.61 Å². The number of hydrogen-bond acceptors (Lipinski definition) is 3. The van der Waals surface area contributed by atoms with Crippen molar-refractivity contribution < 1.29 is 14.7 Å². The fourth-order valence-corrected chi connectivity index (χ4v) is 0.840. The lowest BCUT2D eigenvalue weighted by molar-refractivity contribution is -0.0304. The highest BCUT2D eigenvalue weighted by Gasteiger charge is 2.06. The van der Waals surface area contributed by atoms with E-state index in [-0.39, 0.29) is 12.5 Å². The third-order valence-corrected chi connectivity index (χ3v) is 1.65. The zero-order valence-corrected chi connectivity index (χ0v) is 7.93. The topological polar surface area (TPSA) is 58.6 Å². The molecule has 4 heteroatoms. The summed E-state index contributed by atoms with van der Waals surface area (Å²) < 4.78 is 0. The van der Waals surface area contributed by atoms with Crippen LogP contribution in [0, 0.1) is 0 Å². The van der Waals surface area contributed by atoms with E-state index < -0.39 is 6.10 Å². The van der Waals surface area contributed by atoms with Crippen LogP contribution < -0.4 is 5.48 Å². The van der Waals surface area contributed by atoms with Crippen LogP contribution in [0.1, 0.15) is 17.3 Å². The molecule has 1 atom stereocenters. The largest absolute Gasteiger partial charge is 0.394 e. The molecule has 0 aliphatic carbocycles. The van der Waals surface area contributed by atoms with Gasteiger partial charge in [-0.15, -0.1) is 0 Å². The lowest BCUT2D eigenvalue weighted by Gasteiger charge is -2.09. The van der Waals surface area contributed by atoms with Crippen molar-refractivity contribution in [3.63, 3.8) is 0 Å².